The van der Waals surface area contributed by atoms with E-state index in [1.54, 1.807) is 38.2 Å². The molecule has 152 valence electrons. The number of fused-ring (bicyclic) bond motifs is 1. The highest BCUT2D eigenvalue weighted by atomic mass is 16.6. The van der Waals surface area contributed by atoms with E-state index in [9.17, 15) is 14.9 Å². The fraction of sp³-hybridized carbons (Fsp3) is 0.333. The maximum atomic E-state index is 12.8. The first-order valence-corrected chi connectivity index (χ1v) is 9.38. The Labute approximate surface area is 168 Å². The van der Waals surface area contributed by atoms with Crippen LogP contribution in [-0.2, 0) is 9.53 Å². The Morgan fingerprint density at radius 2 is 2.10 bits per heavy atom. The summed E-state index contributed by atoms with van der Waals surface area (Å²) in [7, 11) is 0. The number of allylic oxidation sites excluding steroid dienone is 1. The van der Waals surface area contributed by atoms with E-state index in [-0.39, 0.29) is 18.4 Å². The number of nitrogens with one attached hydrogen (secondary N) is 1. The molecule has 1 aliphatic rings. The average Bonchev–Trinajstić information content (AvgIpc) is 2.66. The van der Waals surface area contributed by atoms with Crippen molar-refractivity contribution in [1.82, 2.24) is 4.98 Å². The van der Waals surface area contributed by atoms with Crippen molar-refractivity contribution in [2.45, 2.75) is 39.7 Å². The van der Waals surface area contributed by atoms with Gasteiger partial charge in [0.1, 0.15) is 0 Å². The minimum absolute atomic E-state index is 0.0568. The number of aromatic nitrogens is 1. The van der Waals surface area contributed by atoms with Gasteiger partial charge in [0.2, 0.25) is 5.88 Å². The minimum atomic E-state index is -0.618. The van der Waals surface area contributed by atoms with Gasteiger partial charge in [0.15, 0.2) is 0 Å². The van der Waals surface area contributed by atoms with Crippen molar-refractivity contribution >= 4 is 17.3 Å². The van der Waals surface area contributed by atoms with Gasteiger partial charge in [0, 0.05) is 35.3 Å². The van der Waals surface area contributed by atoms with Crippen molar-refractivity contribution in [3.05, 3.63) is 69.0 Å². The number of nitro benzene ring substituents is 1. The molecule has 2 heterocycles. The average molecular weight is 397 g/mol. The molecule has 1 aliphatic heterocycles. The van der Waals surface area contributed by atoms with Crippen LogP contribution in [-0.4, -0.2) is 28.6 Å². The Balaban J connectivity index is 2.26. The third-order valence-electron chi connectivity index (χ3n) is 4.51. The number of ether oxygens (including phenoxy) is 2. The van der Waals surface area contributed by atoms with E-state index < -0.39 is 16.8 Å². The number of carbonyl (C=O) groups is 1. The van der Waals surface area contributed by atoms with Gasteiger partial charge in [-0.2, -0.15) is 0 Å². The summed E-state index contributed by atoms with van der Waals surface area (Å²) in [5.41, 5.74) is 2.91. The smallest absolute Gasteiger partial charge is 0.336 e. The van der Waals surface area contributed by atoms with E-state index in [0.717, 1.165) is 5.69 Å². The summed E-state index contributed by atoms with van der Waals surface area (Å²) >= 11 is 0. The molecule has 1 aromatic carbocycles. The first-order valence-electron chi connectivity index (χ1n) is 9.38. The molecule has 2 aromatic rings. The summed E-state index contributed by atoms with van der Waals surface area (Å²) in [6, 6.07) is 8.04. The maximum absolute atomic E-state index is 12.8. The zero-order chi connectivity index (χ0) is 21.1. The number of benzene rings is 1. The van der Waals surface area contributed by atoms with Crippen LogP contribution in [0.3, 0.4) is 0 Å². The normalized spacial score (nSPS) is 15.6. The monoisotopic (exact) mass is 397 g/mol. The number of non-ortho nitro benzene ring substituents is 1. The molecule has 3 rings (SSSR count). The van der Waals surface area contributed by atoms with Crippen molar-refractivity contribution in [3.63, 3.8) is 0 Å². The molecule has 0 saturated heterocycles. The molecule has 0 fully saturated rings. The SMILES string of the molecule is CCOC(=O)C1=C(C)Nc2ccnc(OC(C)C)c2C1c1cccc([N+](=O)[O-])c1. The van der Waals surface area contributed by atoms with Crippen molar-refractivity contribution in [3.8, 4) is 5.88 Å². The number of hydrogen-bond donors (Lipinski definition) is 1. The molecule has 1 unspecified atom stereocenters. The van der Waals surface area contributed by atoms with Crippen molar-refractivity contribution in [1.29, 1.82) is 0 Å². The quantitative estimate of drug-likeness (QED) is 0.443. The predicted molar refractivity (Wildman–Crippen MR) is 108 cm³/mol. The minimum Gasteiger partial charge on any atom is -0.475 e. The van der Waals surface area contributed by atoms with Crippen molar-refractivity contribution in [2.24, 2.45) is 0 Å². The van der Waals surface area contributed by atoms with E-state index >= 15 is 0 Å². The van der Waals surface area contributed by atoms with E-state index in [0.29, 0.717) is 28.3 Å². The fourth-order valence-corrected chi connectivity index (χ4v) is 3.42. The second kappa shape index (κ2) is 8.30. The van der Waals surface area contributed by atoms with Crippen molar-refractivity contribution < 1.29 is 19.2 Å². The van der Waals surface area contributed by atoms with Gasteiger partial charge in [0.25, 0.3) is 5.69 Å². The van der Waals surface area contributed by atoms with Gasteiger partial charge < -0.3 is 14.8 Å². The van der Waals surface area contributed by atoms with Gasteiger partial charge in [-0.15, -0.1) is 0 Å². The largest absolute Gasteiger partial charge is 0.475 e. The second-order valence-electron chi connectivity index (χ2n) is 6.91. The highest BCUT2D eigenvalue weighted by Gasteiger charge is 2.36. The van der Waals surface area contributed by atoms with Gasteiger partial charge >= 0.3 is 5.97 Å². The molecular weight excluding hydrogens is 374 g/mol. The standard InChI is InChI=1S/C21H23N3O5/c1-5-28-21(25)17-13(4)23-16-9-10-22-20(29-12(2)3)19(16)18(17)14-7-6-8-15(11-14)24(26)27/h6-12,18,23H,5H2,1-4H3. The van der Waals surface area contributed by atoms with Gasteiger partial charge in [-0.25, -0.2) is 9.78 Å². The predicted octanol–water partition coefficient (Wildman–Crippen LogP) is 4.17. The summed E-state index contributed by atoms with van der Waals surface area (Å²) in [5.74, 6) is -0.734. The molecule has 0 amide bonds. The van der Waals surface area contributed by atoms with Crippen LogP contribution in [0.25, 0.3) is 0 Å². The van der Waals surface area contributed by atoms with Crippen LogP contribution in [0.15, 0.2) is 47.8 Å². The van der Waals surface area contributed by atoms with Crippen LogP contribution in [0.5, 0.6) is 5.88 Å². The number of nitrogens with zero attached hydrogens (tertiary/aromatic N) is 2. The van der Waals surface area contributed by atoms with E-state index in [2.05, 4.69) is 10.3 Å². The molecule has 8 heteroatoms. The lowest BCUT2D eigenvalue weighted by Gasteiger charge is -2.31. The molecule has 0 aliphatic carbocycles. The molecule has 0 radical (unpaired) electrons. The Bertz CT molecular complexity index is 984. The Morgan fingerprint density at radius 1 is 1.34 bits per heavy atom. The lowest BCUT2D eigenvalue weighted by Crippen LogP contribution is -2.26. The molecule has 0 saturated carbocycles. The molecule has 8 nitrogen and oxygen atoms in total. The molecule has 1 aromatic heterocycles. The summed E-state index contributed by atoms with van der Waals surface area (Å²) < 4.78 is 11.2. The van der Waals surface area contributed by atoms with E-state index in [1.165, 1.54) is 12.1 Å². The number of anilines is 1. The van der Waals surface area contributed by atoms with Crippen LogP contribution >= 0.6 is 0 Å². The van der Waals surface area contributed by atoms with Crippen LogP contribution in [0.4, 0.5) is 11.4 Å². The van der Waals surface area contributed by atoms with Crippen LogP contribution < -0.4 is 10.1 Å². The number of nitro groups is 1. The van der Waals surface area contributed by atoms with Crippen LogP contribution in [0.1, 0.15) is 44.7 Å². The molecule has 0 bridgehead atoms. The number of esters is 1. The van der Waals surface area contributed by atoms with Gasteiger partial charge in [-0.3, -0.25) is 10.1 Å². The molecular formula is C21H23N3O5. The summed E-state index contributed by atoms with van der Waals surface area (Å²) in [6.07, 6.45) is 1.48. The summed E-state index contributed by atoms with van der Waals surface area (Å²) in [5, 5.41) is 14.6. The highest BCUT2D eigenvalue weighted by Crippen LogP contribution is 2.46. The zero-order valence-corrected chi connectivity index (χ0v) is 16.8. The second-order valence-corrected chi connectivity index (χ2v) is 6.91. The number of carbonyl (C=O) groups excluding carboxylic acids is 1. The summed E-state index contributed by atoms with van der Waals surface area (Å²) in [4.78, 5) is 28.1. The number of pyridine rings is 1. The number of hydrogen-bond acceptors (Lipinski definition) is 7. The molecule has 29 heavy (non-hydrogen) atoms. The third kappa shape index (κ3) is 4.06. The lowest BCUT2D eigenvalue weighted by atomic mass is 9.81. The first-order chi connectivity index (χ1) is 13.8. The summed E-state index contributed by atoms with van der Waals surface area (Å²) in [6.45, 7) is 7.49. The Morgan fingerprint density at radius 3 is 2.76 bits per heavy atom. The molecule has 0 spiro atoms. The third-order valence-corrected chi connectivity index (χ3v) is 4.51. The Kier molecular flexibility index (Phi) is 5.81. The number of rotatable bonds is 6. The van der Waals surface area contributed by atoms with Gasteiger partial charge in [0.05, 0.1) is 29.1 Å². The highest BCUT2D eigenvalue weighted by molar-refractivity contribution is 5.95. The van der Waals surface area contributed by atoms with Gasteiger partial charge in [-0.1, -0.05) is 12.1 Å². The fourth-order valence-electron chi connectivity index (χ4n) is 3.42. The molecule has 1 atom stereocenters. The topological polar surface area (TPSA) is 104 Å². The van der Waals surface area contributed by atoms with Crippen molar-refractivity contribution in [2.75, 3.05) is 11.9 Å². The van der Waals surface area contributed by atoms with E-state index in [1.807, 2.05) is 13.8 Å². The van der Waals surface area contributed by atoms with Crippen LogP contribution in [0.2, 0.25) is 0 Å². The first kappa shape index (κ1) is 20.3. The molecule has 1 N–H and O–H groups in total. The zero-order valence-electron chi connectivity index (χ0n) is 16.8. The van der Waals surface area contributed by atoms with Gasteiger partial charge in [-0.05, 0) is 39.3 Å². The lowest BCUT2D eigenvalue weighted by molar-refractivity contribution is -0.384. The van der Waals surface area contributed by atoms with Crippen LogP contribution in [0, 0.1) is 10.1 Å². The van der Waals surface area contributed by atoms with E-state index in [4.69, 9.17) is 9.47 Å². The Hall–Kier alpha value is -3.42. The maximum Gasteiger partial charge on any atom is 0.336 e.